The summed E-state index contributed by atoms with van der Waals surface area (Å²) in [5, 5.41) is 19.8. The molecule has 0 bridgehead atoms. The molecule has 4 heteroatoms. The van der Waals surface area contributed by atoms with E-state index in [0.29, 0.717) is 4.73 Å². The minimum Gasteiger partial charge on any atom is -0.618 e. The summed E-state index contributed by atoms with van der Waals surface area (Å²) in [7, 11) is 0. The highest BCUT2D eigenvalue weighted by atomic mass is 16.5. The molecule has 0 saturated carbocycles. The number of unbranched alkanes of at least 4 members (excludes halogenated alkanes) is 1. The van der Waals surface area contributed by atoms with E-state index in [1.165, 1.54) is 12.3 Å². The van der Waals surface area contributed by atoms with Crippen LogP contribution in [0.3, 0.4) is 0 Å². The maximum absolute atomic E-state index is 11.2. The first-order valence-corrected chi connectivity index (χ1v) is 4.60. The van der Waals surface area contributed by atoms with Crippen LogP contribution in [0.25, 0.3) is 0 Å². The second-order valence-electron chi connectivity index (χ2n) is 3.16. The van der Waals surface area contributed by atoms with Crippen LogP contribution in [-0.2, 0) is 6.42 Å². The molecule has 4 nitrogen and oxygen atoms in total. The molecule has 0 aliphatic carbocycles. The average molecular weight is 195 g/mol. The number of hydrogen-bond donors (Lipinski definition) is 1. The molecule has 76 valence electrons. The number of aryl methyl sites for hydroxylation is 1. The van der Waals surface area contributed by atoms with E-state index in [1.807, 2.05) is 0 Å². The number of carbonyl (C=O) groups is 1. The number of pyridine rings is 1. The van der Waals surface area contributed by atoms with Crippen molar-refractivity contribution < 1.29 is 14.6 Å². The lowest BCUT2D eigenvalue weighted by Crippen LogP contribution is -2.34. The lowest BCUT2D eigenvalue weighted by molar-refractivity contribution is -0.608. The summed E-state index contributed by atoms with van der Waals surface area (Å²) in [5.41, 5.74) is 0.650. The Labute approximate surface area is 82.4 Å². The van der Waals surface area contributed by atoms with Crippen molar-refractivity contribution in [1.29, 1.82) is 0 Å². The fraction of sp³-hybridized carbons (Fsp3) is 0.400. The Balaban J connectivity index is 2.83. The summed E-state index contributed by atoms with van der Waals surface area (Å²) in [6, 6.07) is 3.04. The molecule has 1 heterocycles. The zero-order chi connectivity index (χ0) is 10.6. The Kier molecular flexibility index (Phi) is 3.45. The second kappa shape index (κ2) is 4.60. The van der Waals surface area contributed by atoms with Crippen LogP contribution in [0.15, 0.2) is 18.3 Å². The van der Waals surface area contributed by atoms with Crippen molar-refractivity contribution in [2.75, 3.05) is 0 Å². The van der Waals surface area contributed by atoms with E-state index in [-0.39, 0.29) is 5.69 Å². The zero-order valence-corrected chi connectivity index (χ0v) is 8.06. The smallest absolute Gasteiger partial charge is 0.402 e. The topological polar surface area (TPSA) is 64.2 Å². The van der Waals surface area contributed by atoms with Crippen LogP contribution in [0, 0.1) is 5.21 Å². The highest BCUT2D eigenvalue weighted by molar-refractivity contribution is 5.83. The SMILES string of the molecule is CCCCc1ccc(C(=O)O)[n+]([O-])c1. The number of aromatic nitrogens is 1. The highest BCUT2D eigenvalue weighted by Gasteiger charge is 2.13. The molecule has 0 saturated heterocycles. The highest BCUT2D eigenvalue weighted by Crippen LogP contribution is 2.03. The Morgan fingerprint density at radius 1 is 1.57 bits per heavy atom. The fourth-order valence-corrected chi connectivity index (χ4v) is 1.22. The molecule has 1 rings (SSSR count). The van der Waals surface area contributed by atoms with E-state index in [2.05, 4.69) is 6.92 Å². The maximum atomic E-state index is 11.2. The second-order valence-corrected chi connectivity index (χ2v) is 3.16. The lowest BCUT2D eigenvalue weighted by Gasteiger charge is -2.02. The van der Waals surface area contributed by atoms with Gasteiger partial charge in [-0.05, 0) is 18.9 Å². The normalized spacial score (nSPS) is 10.1. The van der Waals surface area contributed by atoms with Crippen LogP contribution in [0.2, 0.25) is 0 Å². The predicted octanol–water partition coefficient (Wildman–Crippen LogP) is 1.36. The summed E-state index contributed by atoms with van der Waals surface area (Å²) in [5.74, 6) is -1.19. The summed E-state index contributed by atoms with van der Waals surface area (Å²) in [4.78, 5) is 10.5. The van der Waals surface area contributed by atoms with Crippen molar-refractivity contribution in [3.63, 3.8) is 0 Å². The minimum absolute atomic E-state index is 0.231. The average Bonchev–Trinajstić information content (AvgIpc) is 2.14. The van der Waals surface area contributed by atoms with Gasteiger partial charge in [0.1, 0.15) is 0 Å². The van der Waals surface area contributed by atoms with Crippen molar-refractivity contribution in [2.24, 2.45) is 0 Å². The number of rotatable bonds is 4. The Bertz CT molecular complexity index is 336. The molecule has 1 aromatic rings. The van der Waals surface area contributed by atoms with Crippen LogP contribution in [-0.4, -0.2) is 11.1 Å². The van der Waals surface area contributed by atoms with Crippen LogP contribution in [0.4, 0.5) is 0 Å². The van der Waals surface area contributed by atoms with Crippen LogP contribution >= 0.6 is 0 Å². The van der Waals surface area contributed by atoms with E-state index >= 15 is 0 Å². The molecule has 0 aliphatic heterocycles. The van der Waals surface area contributed by atoms with E-state index in [1.54, 1.807) is 6.07 Å². The number of aromatic carboxylic acids is 1. The standard InChI is InChI=1S/C10H13NO3/c1-2-3-4-8-5-6-9(10(12)13)11(14)7-8/h5-7H,2-4H2,1H3,(H,12,13). The fourth-order valence-electron chi connectivity index (χ4n) is 1.22. The quantitative estimate of drug-likeness (QED) is 0.582. The van der Waals surface area contributed by atoms with Gasteiger partial charge in [0.05, 0.1) is 0 Å². The lowest BCUT2D eigenvalue weighted by atomic mass is 10.1. The van der Waals surface area contributed by atoms with Crippen LogP contribution < -0.4 is 4.73 Å². The third-order valence-electron chi connectivity index (χ3n) is 2.01. The number of carboxylic acid groups (broad SMARTS) is 1. The van der Waals surface area contributed by atoms with E-state index in [9.17, 15) is 10.0 Å². The van der Waals surface area contributed by atoms with Gasteiger partial charge in [-0.25, -0.2) is 4.79 Å². The number of hydrogen-bond acceptors (Lipinski definition) is 2. The van der Waals surface area contributed by atoms with Crippen molar-refractivity contribution in [2.45, 2.75) is 26.2 Å². The molecule has 1 N–H and O–H groups in total. The zero-order valence-electron chi connectivity index (χ0n) is 8.06. The Morgan fingerprint density at radius 3 is 2.79 bits per heavy atom. The van der Waals surface area contributed by atoms with E-state index < -0.39 is 5.97 Å². The number of carboxylic acids is 1. The van der Waals surface area contributed by atoms with Crippen molar-refractivity contribution in [1.82, 2.24) is 0 Å². The van der Waals surface area contributed by atoms with Gasteiger partial charge < -0.3 is 10.3 Å². The third-order valence-corrected chi connectivity index (χ3v) is 2.01. The third kappa shape index (κ3) is 2.45. The molecule has 0 atom stereocenters. The van der Waals surface area contributed by atoms with Crippen molar-refractivity contribution in [3.8, 4) is 0 Å². The van der Waals surface area contributed by atoms with Gasteiger partial charge in [-0.3, -0.25) is 0 Å². The Hall–Kier alpha value is -1.58. The van der Waals surface area contributed by atoms with E-state index in [4.69, 9.17) is 5.11 Å². The van der Waals surface area contributed by atoms with Gasteiger partial charge in [-0.1, -0.05) is 13.3 Å². The van der Waals surface area contributed by atoms with Gasteiger partial charge in [0.15, 0.2) is 6.20 Å². The van der Waals surface area contributed by atoms with Gasteiger partial charge in [0.2, 0.25) is 0 Å². The molecular weight excluding hydrogens is 182 g/mol. The first-order valence-electron chi connectivity index (χ1n) is 4.60. The summed E-state index contributed by atoms with van der Waals surface area (Å²) in [6.07, 6.45) is 4.21. The summed E-state index contributed by atoms with van der Waals surface area (Å²) >= 11 is 0. The van der Waals surface area contributed by atoms with Crippen LogP contribution in [0.1, 0.15) is 35.8 Å². The molecule has 14 heavy (non-hydrogen) atoms. The molecule has 0 spiro atoms. The van der Waals surface area contributed by atoms with Crippen molar-refractivity contribution in [3.05, 3.63) is 34.8 Å². The summed E-state index contributed by atoms with van der Waals surface area (Å²) in [6.45, 7) is 2.07. The molecule has 0 unspecified atom stereocenters. The molecule has 0 radical (unpaired) electrons. The molecule has 0 amide bonds. The van der Waals surface area contributed by atoms with E-state index in [0.717, 1.165) is 24.8 Å². The first kappa shape index (κ1) is 10.5. The molecule has 0 aromatic carbocycles. The van der Waals surface area contributed by atoms with Crippen LogP contribution in [0.5, 0.6) is 0 Å². The van der Waals surface area contributed by atoms with Gasteiger partial charge in [0.25, 0.3) is 0 Å². The minimum atomic E-state index is -1.19. The molecule has 0 fully saturated rings. The maximum Gasteiger partial charge on any atom is 0.402 e. The monoisotopic (exact) mass is 195 g/mol. The molecular formula is C10H13NO3. The first-order chi connectivity index (χ1) is 6.65. The molecule has 1 aromatic heterocycles. The summed E-state index contributed by atoms with van der Waals surface area (Å²) < 4.78 is 0.410. The van der Waals surface area contributed by atoms with Gasteiger partial charge >= 0.3 is 11.7 Å². The molecule has 0 aliphatic rings. The van der Waals surface area contributed by atoms with Gasteiger partial charge in [-0.15, -0.1) is 0 Å². The van der Waals surface area contributed by atoms with Gasteiger partial charge in [-0.2, -0.15) is 4.73 Å². The van der Waals surface area contributed by atoms with Gasteiger partial charge in [0, 0.05) is 11.6 Å². The predicted molar refractivity (Wildman–Crippen MR) is 51.0 cm³/mol. The van der Waals surface area contributed by atoms with Crippen molar-refractivity contribution >= 4 is 5.97 Å². The largest absolute Gasteiger partial charge is 0.618 e. The Morgan fingerprint density at radius 2 is 2.29 bits per heavy atom. The number of nitrogens with zero attached hydrogens (tertiary/aromatic N) is 1.